The Kier molecular flexibility index (Phi) is 2.85. The summed E-state index contributed by atoms with van der Waals surface area (Å²) in [5.41, 5.74) is 5.36. The summed E-state index contributed by atoms with van der Waals surface area (Å²) in [7, 11) is 0. The van der Waals surface area contributed by atoms with Gasteiger partial charge in [0.15, 0.2) is 0 Å². The molecule has 0 aromatic rings. The van der Waals surface area contributed by atoms with Crippen LogP contribution in [0.5, 0.6) is 0 Å². The number of esters is 1. The molecule has 0 aliphatic heterocycles. The standard InChI is InChI=1S/C8H13F2NO2/c1-2-13-7(12)6(11)3-5-4-8(5,9)10/h5-6H,2-4,11H2,1H3. The fourth-order valence-corrected chi connectivity index (χ4v) is 1.18. The SMILES string of the molecule is CCOC(=O)C(N)CC1CC1(F)F. The van der Waals surface area contributed by atoms with Crippen LogP contribution >= 0.6 is 0 Å². The van der Waals surface area contributed by atoms with Crippen molar-refractivity contribution in [1.29, 1.82) is 0 Å². The molecular weight excluding hydrogens is 180 g/mol. The van der Waals surface area contributed by atoms with Crippen LogP contribution in [0.2, 0.25) is 0 Å². The van der Waals surface area contributed by atoms with Crippen LogP contribution < -0.4 is 5.73 Å². The van der Waals surface area contributed by atoms with Crippen molar-refractivity contribution in [2.45, 2.75) is 31.7 Å². The summed E-state index contributed by atoms with van der Waals surface area (Å²) >= 11 is 0. The van der Waals surface area contributed by atoms with E-state index in [-0.39, 0.29) is 19.4 Å². The summed E-state index contributed by atoms with van der Waals surface area (Å²) in [5.74, 6) is -3.93. The molecule has 1 saturated carbocycles. The van der Waals surface area contributed by atoms with Gasteiger partial charge in [-0.1, -0.05) is 0 Å². The van der Waals surface area contributed by atoms with E-state index in [9.17, 15) is 13.6 Å². The second kappa shape index (κ2) is 3.57. The van der Waals surface area contributed by atoms with Crippen LogP contribution in [0.1, 0.15) is 19.8 Å². The second-order valence-electron chi connectivity index (χ2n) is 3.26. The zero-order chi connectivity index (χ0) is 10.1. The van der Waals surface area contributed by atoms with Crippen LogP contribution in [-0.4, -0.2) is 24.5 Å². The zero-order valence-electron chi connectivity index (χ0n) is 7.43. The molecule has 3 nitrogen and oxygen atoms in total. The third-order valence-electron chi connectivity index (χ3n) is 2.08. The molecule has 0 saturated heterocycles. The number of halogens is 2. The van der Waals surface area contributed by atoms with Crippen molar-refractivity contribution in [3.8, 4) is 0 Å². The molecule has 2 atom stereocenters. The Labute approximate surface area is 75.2 Å². The zero-order valence-corrected chi connectivity index (χ0v) is 7.43. The van der Waals surface area contributed by atoms with E-state index in [1.165, 1.54) is 0 Å². The summed E-state index contributed by atoms with van der Waals surface area (Å²) in [6, 6.07) is -0.904. The molecule has 0 aromatic carbocycles. The van der Waals surface area contributed by atoms with Gasteiger partial charge < -0.3 is 10.5 Å². The Hall–Kier alpha value is -0.710. The summed E-state index contributed by atoms with van der Waals surface area (Å²) < 4.78 is 29.4. The summed E-state index contributed by atoms with van der Waals surface area (Å²) in [5, 5.41) is 0. The highest BCUT2D eigenvalue weighted by molar-refractivity contribution is 5.75. The van der Waals surface area contributed by atoms with Gasteiger partial charge in [-0.05, 0) is 13.3 Å². The van der Waals surface area contributed by atoms with E-state index in [4.69, 9.17) is 5.73 Å². The molecule has 0 radical (unpaired) electrons. The van der Waals surface area contributed by atoms with Gasteiger partial charge >= 0.3 is 5.97 Å². The highest BCUT2D eigenvalue weighted by atomic mass is 19.3. The molecule has 0 amide bonds. The van der Waals surface area contributed by atoms with E-state index >= 15 is 0 Å². The highest BCUT2D eigenvalue weighted by Gasteiger charge is 2.57. The van der Waals surface area contributed by atoms with Gasteiger partial charge in [0.05, 0.1) is 6.61 Å². The molecule has 2 unspecified atom stereocenters. The molecule has 2 N–H and O–H groups in total. The van der Waals surface area contributed by atoms with Crippen LogP contribution in [0.3, 0.4) is 0 Å². The number of carbonyl (C=O) groups is 1. The van der Waals surface area contributed by atoms with E-state index in [1.807, 2.05) is 0 Å². The van der Waals surface area contributed by atoms with Gasteiger partial charge in [-0.2, -0.15) is 0 Å². The Morgan fingerprint density at radius 2 is 2.31 bits per heavy atom. The lowest BCUT2D eigenvalue weighted by atomic mass is 10.1. The lowest BCUT2D eigenvalue weighted by Gasteiger charge is -2.09. The van der Waals surface area contributed by atoms with Crippen LogP contribution in [-0.2, 0) is 9.53 Å². The van der Waals surface area contributed by atoms with Crippen molar-refractivity contribution in [1.82, 2.24) is 0 Å². The molecule has 0 spiro atoms. The molecule has 1 aliphatic rings. The van der Waals surface area contributed by atoms with Gasteiger partial charge in [0.25, 0.3) is 5.92 Å². The van der Waals surface area contributed by atoms with Crippen LogP contribution in [0.25, 0.3) is 0 Å². The monoisotopic (exact) mass is 193 g/mol. The largest absolute Gasteiger partial charge is 0.465 e. The normalized spacial score (nSPS) is 26.6. The average molecular weight is 193 g/mol. The van der Waals surface area contributed by atoms with Gasteiger partial charge in [0.2, 0.25) is 0 Å². The summed E-state index contributed by atoms with van der Waals surface area (Å²) in [6.07, 6.45) is -0.133. The molecule has 13 heavy (non-hydrogen) atoms. The van der Waals surface area contributed by atoms with Crippen molar-refractivity contribution in [2.75, 3.05) is 6.61 Å². The quantitative estimate of drug-likeness (QED) is 0.675. The van der Waals surface area contributed by atoms with Crippen LogP contribution in [0.15, 0.2) is 0 Å². The first-order chi connectivity index (χ1) is 5.97. The fourth-order valence-electron chi connectivity index (χ4n) is 1.18. The van der Waals surface area contributed by atoms with E-state index in [1.54, 1.807) is 6.92 Å². The Morgan fingerprint density at radius 3 is 2.69 bits per heavy atom. The Bertz CT molecular complexity index is 208. The van der Waals surface area contributed by atoms with Crippen LogP contribution in [0.4, 0.5) is 8.78 Å². The van der Waals surface area contributed by atoms with Crippen LogP contribution in [0, 0.1) is 5.92 Å². The first kappa shape index (κ1) is 10.4. The summed E-state index contributed by atoms with van der Waals surface area (Å²) in [4.78, 5) is 10.9. The van der Waals surface area contributed by atoms with Gasteiger partial charge in [0, 0.05) is 12.3 Å². The lowest BCUT2D eigenvalue weighted by Crippen LogP contribution is -2.33. The van der Waals surface area contributed by atoms with Crippen molar-refractivity contribution < 1.29 is 18.3 Å². The number of ether oxygens (including phenoxy) is 1. The number of hydrogen-bond donors (Lipinski definition) is 1. The third kappa shape index (κ3) is 2.62. The maximum Gasteiger partial charge on any atom is 0.322 e. The molecule has 0 bridgehead atoms. The van der Waals surface area contributed by atoms with Crippen molar-refractivity contribution in [3.63, 3.8) is 0 Å². The molecule has 76 valence electrons. The minimum absolute atomic E-state index is 0.0197. The third-order valence-corrected chi connectivity index (χ3v) is 2.08. The minimum atomic E-state index is -2.61. The fraction of sp³-hybridized carbons (Fsp3) is 0.875. The number of alkyl halides is 2. The smallest absolute Gasteiger partial charge is 0.322 e. The maximum absolute atomic E-state index is 12.4. The predicted octanol–water partition coefficient (Wildman–Crippen LogP) is 0.922. The first-order valence-corrected chi connectivity index (χ1v) is 4.27. The molecule has 1 fully saturated rings. The number of nitrogens with two attached hydrogens (primary N) is 1. The molecular formula is C8H13F2NO2. The number of hydrogen-bond acceptors (Lipinski definition) is 3. The van der Waals surface area contributed by atoms with Gasteiger partial charge in [-0.15, -0.1) is 0 Å². The number of carbonyl (C=O) groups excluding carboxylic acids is 1. The number of rotatable bonds is 4. The van der Waals surface area contributed by atoms with Crippen molar-refractivity contribution in [2.24, 2.45) is 11.7 Å². The van der Waals surface area contributed by atoms with Crippen molar-refractivity contribution in [3.05, 3.63) is 0 Å². The Morgan fingerprint density at radius 1 is 1.77 bits per heavy atom. The predicted molar refractivity (Wildman–Crippen MR) is 42.3 cm³/mol. The second-order valence-corrected chi connectivity index (χ2v) is 3.26. The van der Waals surface area contributed by atoms with E-state index in [2.05, 4.69) is 4.74 Å². The molecule has 0 heterocycles. The minimum Gasteiger partial charge on any atom is -0.465 e. The molecule has 1 aliphatic carbocycles. The topological polar surface area (TPSA) is 52.3 Å². The van der Waals surface area contributed by atoms with Crippen molar-refractivity contribution >= 4 is 5.97 Å². The van der Waals surface area contributed by atoms with E-state index < -0.39 is 23.9 Å². The molecule has 0 aromatic heterocycles. The lowest BCUT2D eigenvalue weighted by molar-refractivity contribution is -0.145. The maximum atomic E-state index is 12.4. The molecule has 5 heteroatoms. The van der Waals surface area contributed by atoms with E-state index in [0.717, 1.165) is 0 Å². The van der Waals surface area contributed by atoms with Gasteiger partial charge in [-0.3, -0.25) is 4.79 Å². The Balaban J connectivity index is 2.26. The van der Waals surface area contributed by atoms with Gasteiger partial charge in [-0.25, -0.2) is 8.78 Å². The highest BCUT2D eigenvalue weighted by Crippen LogP contribution is 2.50. The first-order valence-electron chi connectivity index (χ1n) is 4.27. The molecule has 1 rings (SSSR count). The van der Waals surface area contributed by atoms with E-state index in [0.29, 0.717) is 0 Å². The summed E-state index contributed by atoms with van der Waals surface area (Å²) in [6.45, 7) is 1.88. The average Bonchev–Trinajstić information content (AvgIpc) is 2.59. The van der Waals surface area contributed by atoms with Gasteiger partial charge in [0.1, 0.15) is 6.04 Å².